The van der Waals surface area contributed by atoms with Crippen molar-refractivity contribution in [1.29, 1.82) is 0 Å². The molecule has 3 atom stereocenters. The molecule has 0 saturated heterocycles. The number of rotatable bonds is 6. The second kappa shape index (κ2) is 6.00. The summed E-state index contributed by atoms with van der Waals surface area (Å²) in [7, 11) is 1.37. The van der Waals surface area contributed by atoms with E-state index in [9.17, 15) is 9.59 Å². The first-order valence-corrected chi connectivity index (χ1v) is 6.10. The van der Waals surface area contributed by atoms with Crippen molar-refractivity contribution in [3.05, 3.63) is 0 Å². The minimum Gasteiger partial charge on any atom is -0.469 e. The molecule has 0 aromatic carbocycles. The summed E-state index contributed by atoms with van der Waals surface area (Å²) >= 11 is 0. The average molecular weight is 242 g/mol. The molecular weight excluding hydrogens is 220 g/mol. The van der Waals surface area contributed by atoms with Gasteiger partial charge in [-0.3, -0.25) is 9.59 Å². The van der Waals surface area contributed by atoms with Gasteiger partial charge in [-0.2, -0.15) is 0 Å². The molecule has 1 saturated carbocycles. The Morgan fingerprint density at radius 2 is 1.82 bits per heavy atom. The highest BCUT2D eigenvalue weighted by Crippen LogP contribution is 2.18. The zero-order valence-electron chi connectivity index (χ0n) is 10.9. The van der Waals surface area contributed by atoms with Crippen LogP contribution in [-0.2, 0) is 14.3 Å². The van der Waals surface area contributed by atoms with Gasteiger partial charge in [0.05, 0.1) is 19.1 Å². The molecule has 1 aliphatic carbocycles. The largest absolute Gasteiger partial charge is 0.469 e. The Labute approximate surface area is 102 Å². The van der Waals surface area contributed by atoms with E-state index in [0.717, 1.165) is 12.8 Å². The highest BCUT2D eigenvalue weighted by atomic mass is 16.5. The smallest absolute Gasteiger partial charge is 0.309 e. The Kier molecular flexibility index (Phi) is 4.93. The second-order valence-electron chi connectivity index (χ2n) is 4.77. The topological polar surface area (TPSA) is 67.4 Å². The first kappa shape index (κ1) is 14.0. The lowest BCUT2D eigenvalue weighted by Crippen LogP contribution is -2.49. The van der Waals surface area contributed by atoms with Gasteiger partial charge in [0.25, 0.3) is 0 Å². The Bertz CT molecular complexity index is 289. The molecule has 0 aromatic rings. The first-order chi connectivity index (χ1) is 7.95. The predicted molar refractivity (Wildman–Crippen MR) is 64.4 cm³/mol. The van der Waals surface area contributed by atoms with Crippen molar-refractivity contribution >= 4 is 11.9 Å². The van der Waals surface area contributed by atoms with E-state index in [-0.39, 0.29) is 29.9 Å². The fourth-order valence-electron chi connectivity index (χ4n) is 1.56. The van der Waals surface area contributed by atoms with Crippen LogP contribution in [0.4, 0.5) is 0 Å². The maximum absolute atomic E-state index is 11.7. The minimum absolute atomic E-state index is 0.00332. The van der Waals surface area contributed by atoms with Crippen LogP contribution in [0, 0.1) is 5.92 Å². The molecule has 0 aromatic heterocycles. The number of methoxy groups -OCH3 is 1. The van der Waals surface area contributed by atoms with Gasteiger partial charge in [0, 0.05) is 12.1 Å². The molecule has 98 valence electrons. The molecule has 0 radical (unpaired) electrons. The van der Waals surface area contributed by atoms with Gasteiger partial charge < -0.3 is 15.4 Å². The van der Waals surface area contributed by atoms with Crippen molar-refractivity contribution in [3.63, 3.8) is 0 Å². The van der Waals surface area contributed by atoms with Crippen molar-refractivity contribution in [2.45, 2.75) is 51.7 Å². The van der Waals surface area contributed by atoms with Gasteiger partial charge in [0.2, 0.25) is 5.91 Å². The van der Waals surface area contributed by atoms with Gasteiger partial charge in [-0.15, -0.1) is 0 Å². The van der Waals surface area contributed by atoms with Crippen LogP contribution in [0.15, 0.2) is 0 Å². The molecule has 0 heterocycles. The Morgan fingerprint density at radius 3 is 2.29 bits per heavy atom. The number of hydrogen-bond acceptors (Lipinski definition) is 4. The lowest BCUT2D eigenvalue weighted by Gasteiger charge is -2.23. The van der Waals surface area contributed by atoms with Crippen molar-refractivity contribution in [1.82, 2.24) is 10.6 Å². The third kappa shape index (κ3) is 4.34. The lowest BCUT2D eigenvalue weighted by atomic mass is 10.0. The number of hydrogen-bond donors (Lipinski definition) is 2. The quantitative estimate of drug-likeness (QED) is 0.663. The van der Waals surface area contributed by atoms with Crippen LogP contribution < -0.4 is 10.6 Å². The van der Waals surface area contributed by atoms with Crippen LogP contribution in [0.2, 0.25) is 0 Å². The third-order valence-corrected chi connectivity index (χ3v) is 3.15. The standard InChI is InChI=1S/C12H22N2O3/c1-7(12(16)17-4)8(2)13-9(3)11(15)14-10-5-6-10/h7-10,13H,5-6H2,1-4H3,(H,14,15). The van der Waals surface area contributed by atoms with Crippen molar-refractivity contribution in [3.8, 4) is 0 Å². The van der Waals surface area contributed by atoms with Gasteiger partial charge in [0.15, 0.2) is 0 Å². The molecule has 17 heavy (non-hydrogen) atoms. The van der Waals surface area contributed by atoms with Crippen molar-refractivity contribution in [2.75, 3.05) is 7.11 Å². The summed E-state index contributed by atoms with van der Waals surface area (Å²) in [6.45, 7) is 5.47. The van der Waals surface area contributed by atoms with E-state index in [2.05, 4.69) is 15.4 Å². The summed E-state index contributed by atoms with van der Waals surface area (Å²) in [5.74, 6) is -0.535. The van der Waals surface area contributed by atoms with E-state index in [1.807, 2.05) is 6.92 Å². The van der Waals surface area contributed by atoms with E-state index in [0.29, 0.717) is 6.04 Å². The van der Waals surface area contributed by atoms with Gasteiger partial charge in [-0.05, 0) is 26.7 Å². The Hall–Kier alpha value is -1.10. The van der Waals surface area contributed by atoms with E-state index >= 15 is 0 Å². The SMILES string of the molecule is COC(=O)C(C)C(C)NC(C)C(=O)NC1CC1. The summed E-state index contributed by atoms with van der Waals surface area (Å²) < 4.78 is 4.67. The van der Waals surface area contributed by atoms with Gasteiger partial charge in [-0.25, -0.2) is 0 Å². The van der Waals surface area contributed by atoms with Crippen LogP contribution in [0.3, 0.4) is 0 Å². The molecule has 0 bridgehead atoms. The molecule has 2 N–H and O–H groups in total. The second-order valence-corrected chi connectivity index (χ2v) is 4.77. The van der Waals surface area contributed by atoms with E-state index < -0.39 is 0 Å². The van der Waals surface area contributed by atoms with Crippen LogP contribution in [-0.4, -0.2) is 37.1 Å². The Morgan fingerprint density at radius 1 is 1.24 bits per heavy atom. The molecule has 5 nitrogen and oxygen atoms in total. The summed E-state index contributed by atoms with van der Waals surface area (Å²) in [4.78, 5) is 23.0. The van der Waals surface area contributed by atoms with Crippen LogP contribution in [0.5, 0.6) is 0 Å². The normalized spacial score (nSPS) is 20.2. The third-order valence-electron chi connectivity index (χ3n) is 3.15. The summed E-state index contributed by atoms with van der Waals surface area (Å²) in [5, 5.41) is 6.04. The maximum atomic E-state index is 11.7. The highest BCUT2D eigenvalue weighted by Gasteiger charge is 2.28. The molecule has 1 rings (SSSR count). The van der Waals surface area contributed by atoms with Gasteiger partial charge in [-0.1, -0.05) is 6.92 Å². The molecule has 1 amide bonds. The lowest BCUT2D eigenvalue weighted by molar-refractivity contribution is -0.146. The zero-order valence-corrected chi connectivity index (χ0v) is 10.9. The monoisotopic (exact) mass is 242 g/mol. The van der Waals surface area contributed by atoms with Crippen molar-refractivity contribution in [2.24, 2.45) is 5.92 Å². The van der Waals surface area contributed by atoms with Crippen LogP contribution >= 0.6 is 0 Å². The van der Waals surface area contributed by atoms with Crippen LogP contribution in [0.1, 0.15) is 33.6 Å². The van der Waals surface area contributed by atoms with Gasteiger partial charge in [0.1, 0.15) is 0 Å². The average Bonchev–Trinajstić information content (AvgIpc) is 3.10. The number of esters is 1. The van der Waals surface area contributed by atoms with Crippen LogP contribution in [0.25, 0.3) is 0 Å². The fraction of sp³-hybridized carbons (Fsp3) is 0.833. The summed E-state index contributed by atoms with van der Waals surface area (Å²) in [6, 6.07) is -0.0276. The molecule has 0 spiro atoms. The number of amides is 1. The van der Waals surface area contributed by atoms with E-state index in [4.69, 9.17) is 0 Å². The van der Waals surface area contributed by atoms with E-state index in [1.165, 1.54) is 7.11 Å². The number of carbonyl (C=O) groups is 2. The zero-order chi connectivity index (χ0) is 13.0. The van der Waals surface area contributed by atoms with Crippen molar-refractivity contribution < 1.29 is 14.3 Å². The Balaban J connectivity index is 2.35. The molecule has 1 aliphatic rings. The van der Waals surface area contributed by atoms with E-state index in [1.54, 1.807) is 13.8 Å². The number of nitrogens with one attached hydrogen (secondary N) is 2. The minimum atomic E-state index is -0.294. The molecule has 0 aliphatic heterocycles. The molecule has 5 heteroatoms. The summed E-state index contributed by atoms with van der Waals surface area (Å²) in [5.41, 5.74) is 0. The maximum Gasteiger partial charge on any atom is 0.309 e. The first-order valence-electron chi connectivity index (χ1n) is 6.10. The summed E-state index contributed by atoms with van der Waals surface area (Å²) in [6.07, 6.45) is 2.15. The molecule has 3 unspecified atom stereocenters. The predicted octanol–water partition coefficient (Wildman–Crippen LogP) is 0.441. The molecular formula is C12H22N2O3. The molecule has 1 fully saturated rings. The highest BCUT2D eigenvalue weighted by molar-refractivity contribution is 5.82. The fourth-order valence-corrected chi connectivity index (χ4v) is 1.56. The number of ether oxygens (including phenoxy) is 1. The number of carbonyl (C=O) groups excluding carboxylic acids is 2. The van der Waals surface area contributed by atoms with Gasteiger partial charge >= 0.3 is 5.97 Å².